The molecule has 0 heterocycles. The lowest BCUT2D eigenvalue weighted by Gasteiger charge is -2.37. The normalized spacial score (nSPS) is 27.6. The Morgan fingerprint density at radius 1 is 0.853 bits per heavy atom. The second kappa shape index (κ2) is 13.6. The lowest BCUT2D eigenvalue weighted by Crippen LogP contribution is -2.39. The Morgan fingerprint density at radius 2 is 1.38 bits per heavy atom. The molecule has 2 nitrogen and oxygen atoms in total. The van der Waals surface area contributed by atoms with Gasteiger partial charge in [-0.1, -0.05) is 103 Å². The molecule has 2 fully saturated rings. The van der Waals surface area contributed by atoms with Gasteiger partial charge in [-0.3, -0.25) is 4.79 Å². The largest absolute Gasteiger partial charge is 0.481 e. The zero-order chi connectivity index (χ0) is 24.4. The number of hydrogen-bond donors (Lipinski definition) is 1. The van der Waals surface area contributed by atoms with Gasteiger partial charge in [0.15, 0.2) is 0 Å². The molecule has 2 aliphatic carbocycles. The minimum Gasteiger partial charge on any atom is -0.481 e. The number of carbonyl (C=O) groups is 1. The van der Waals surface area contributed by atoms with Crippen molar-refractivity contribution >= 4 is 5.97 Å². The van der Waals surface area contributed by atoms with Crippen molar-refractivity contribution in [2.24, 2.45) is 17.8 Å². The zero-order valence-electron chi connectivity index (χ0n) is 21.9. The number of aryl methyl sites for hydroxylation is 1. The van der Waals surface area contributed by atoms with Crippen LogP contribution in [0.1, 0.15) is 134 Å². The summed E-state index contributed by atoms with van der Waals surface area (Å²) in [7, 11) is 0. The van der Waals surface area contributed by atoms with E-state index in [9.17, 15) is 9.90 Å². The van der Waals surface area contributed by atoms with Crippen LogP contribution in [0.25, 0.3) is 0 Å². The zero-order valence-corrected chi connectivity index (χ0v) is 21.9. The smallest absolute Gasteiger partial charge is 0.314 e. The van der Waals surface area contributed by atoms with Crippen LogP contribution in [0.2, 0.25) is 0 Å². The van der Waals surface area contributed by atoms with E-state index in [1.807, 2.05) is 12.1 Å². The Hall–Kier alpha value is -1.38. The molecule has 0 atom stereocenters. The summed E-state index contributed by atoms with van der Waals surface area (Å²) in [5.41, 5.74) is 0.542. The summed E-state index contributed by atoms with van der Waals surface area (Å²) in [5.74, 6) is 1.28. The van der Waals surface area contributed by atoms with Crippen LogP contribution < -0.4 is 0 Å². The lowest BCUT2D eigenvalue weighted by atomic mass is 9.66. The summed E-state index contributed by atoms with van der Waals surface area (Å²) in [4.78, 5) is 12.4. The van der Waals surface area contributed by atoms with Crippen molar-refractivity contribution in [2.75, 3.05) is 0 Å². The van der Waals surface area contributed by atoms with Gasteiger partial charge in [-0.25, -0.2) is 4.39 Å². The topological polar surface area (TPSA) is 37.3 Å². The average Bonchev–Trinajstić information content (AvgIpc) is 2.85. The summed E-state index contributed by atoms with van der Waals surface area (Å²) < 4.78 is 15.1. The molecule has 1 N–H and O–H groups in total. The predicted octanol–water partition coefficient (Wildman–Crippen LogP) is 9.24. The Bertz CT molecular complexity index is 742. The van der Waals surface area contributed by atoms with Crippen molar-refractivity contribution in [3.8, 4) is 0 Å². The second-order valence-electron chi connectivity index (χ2n) is 11.6. The third kappa shape index (κ3) is 7.31. The molecule has 0 aliphatic heterocycles. The van der Waals surface area contributed by atoms with Crippen LogP contribution in [-0.4, -0.2) is 11.1 Å². The van der Waals surface area contributed by atoms with E-state index in [0.29, 0.717) is 24.3 Å². The van der Waals surface area contributed by atoms with E-state index in [1.54, 1.807) is 6.07 Å². The van der Waals surface area contributed by atoms with Gasteiger partial charge >= 0.3 is 5.97 Å². The van der Waals surface area contributed by atoms with Crippen LogP contribution >= 0.6 is 0 Å². The monoisotopic (exact) mass is 472 g/mol. The van der Waals surface area contributed by atoms with E-state index in [1.165, 1.54) is 77.0 Å². The van der Waals surface area contributed by atoms with Crippen molar-refractivity contribution < 1.29 is 14.3 Å². The minimum absolute atomic E-state index is 0.198. The number of carboxylic acids is 1. The molecular weight excluding hydrogens is 423 g/mol. The molecule has 1 aromatic carbocycles. The molecule has 0 aromatic heterocycles. The summed E-state index contributed by atoms with van der Waals surface area (Å²) in [6.07, 6.45) is 20.6. The van der Waals surface area contributed by atoms with Crippen LogP contribution in [0.3, 0.4) is 0 Å². The van der Waals surface area contributed by atoms with Crippen LogP contribution in [-0.2, 0) is 16.6 Å². The number of benzene rings is 1. The number of aliphatic carboxylic acids is 1. The lowest BCUT2D eigenvalue weighted by molar-refractivity contribution is -0.145. The standard InChI is InChI=1S/C31H49FO2/c1-3-5-7-9-24-11-13-26(14-12-24)15-16-27-17-18-28(23-29(27)32)31(30(33)34)21-19-25(20-22-31)10-8-6-4-2/h17-18,23-26H,3-16,19-22H2,1-2H3,(H,33,34). The van der Waals surface area contributed by atoms with Crippen molar-refractivity contribution in [3.05, 3.63) is 35.1 Å². The number of halogens is 1. The van der Waals surface area contributed by atoms with Gasteiger partial charge in [0.05, 0.1) is 5.41 Å². The maximum absolute atomic E-state index is 15.1. The molecule has 0 bridgehead atoms. The fourth-order valence-electron chi connectivity index (χ4n) is 6.67. The van der Waals surface area contributed by atoms with Crippen LogP contribution in [0.5, 0.6) is 0 Å². The van der Waals surface area contributed by atoms with Crippen LogP contribution in [0.4, 0.5) is 4.39 Å². The van der Waals surface area contributed by atoms with Gasteiger partial charge in [0.2, 0.25) is 0 Å². The Labute approximate surface area is 208 Å². The average molecular weight is 473 g/mol. The molecule has 3 heteroatoms. The quantitative estimate of drug-likeness (QED) is 0.290. The summed E-state index contributed by atoms with van der Waals surface area (Å²) in [6.45, 7) is 4.48. The SMILES string of the molecule is CCCCCC1CCC(CCc2ccc(C3(C(=O)O)CCC(CCCCC)CC3)cc2F)CC1. The molecule has 192 valence electrons. The first-order valence-electron chi connectivity index (χ1n) is 14.5. The molecule has 2 aliphatic rings. The van der Waals surface area contributed by atoms with Gasteiger partial charge in [0.25, 0.3) is 0 Å². The maximum atomic E-state index is 15.1. The highest BCUT2D eigenvalue weighted by Crippen LogP contribution is 2.44. The van der Waals surface area contributed by atoms with E-state index in [-0.39, 0.29) is 5.82 Å². The molecule has 3 rings (SSSR count). The molecule has 1 aromatic rings. The predicted molar refractivity (Wildman–Crippen MR) is 140 cm³/mol. The van der Waals surface area contributed by atoms with E-state index < -0.39 is 11.4 Å². The van der Waals surface area contributed by atoms with Gasteiger partial charge < -0.3 is 5.11 Å². The number of hydrogen-bond acceptors (Lipinski definition) is 1. The summed E-state index contributed by atoms with van der Waals surface area (Å²) in [5, 5.41) is 10.1. The molecule has 34 heavy (non-hydrogen) atoms. The van der Waals surface area contributed by atoms with Gasteiger partial charge in [-0.05, 0) is 73.5 Å². The molecule has 0 unspecified atom stereocenters. The van der Waals surface area contributed by atoms with Gasteiger partial charge in [-0.15, -0.1) is 0 Å². The molecule has 0 radical (unpaired) electrons. The summed E-state index contributed by atoms with van der Waals surface area (Å²) in [6, 6.07) is 5.37. The number of unbranched alkanes of at least 4 members (excludes halogenated alkanes) is 4. The van der Waals surface area contributed by atoms with Crippen molar-refractivity contribution in [1.82, 2.24) is 0 Å². The van der Waals surface area contributed by atoms with Crippen LogP contribution in [0.15, 0.2) is 18.2 Å². The molecule has 0 spiro atoms. The summed E-state index contributed by atoms with van der Waals surface area (Å²) >= 11 is 0. The molecule has 0 amide bonds. The second-order valence-corrected chi connectivity index (χ2v) is 11.6. The van der Waals surface area contributed by atoms with E-state index in [0.717, 1.165) is 43.1 Å². The first-order chi connectivity index (χ1) is 16.5. The Morgan fingerprint density at radius 3 is 1.88 bits per heavy atom. The molecule has 0 saturated heterocycles. The van der Waals surface area contributed by atoms with E-state index in [4.69, 9.17) is 0 Å². The molecular formula is C31H49FO2. The maximum Gasteiger partial charge on any atom is 0.314 e. The fourth-order valence-corrected chi connectivity index (χ4v) is 6.67. The molecule has 2 saturated carbocycles. The van der Waals surface area contributed by atoms with Gasteiger partial charge in [0.1, 0.15) is 5.82 Å². The Kier molecular flexibility index (Phi) is 10.9. The van der Waals surface area contributed by atoms with Crippen LogP contribution in [0, 0.1) is 23.6 Å². The van der Waals surface area contributed by atoms with Crippen molar-refractivity contribution in [2.45, 2.75) is 135 Å². The number of carboxylic acid groups (broad SMARTS) is 1. The Balaban J connectivity index is 1.52. The van der Waals surface area contributed by atoms with Crippen molar-refractivity contribution in [1.29, 1.82) is 0 Å². The highest BCUT2D eigenvalue weighted by molar-refractivity contribution is 5.81. The fraction of sp³-hybridized carbons (Fsp3) is 0.774. The highest BCUT2D eigenvalue weighted by atomic mass is 19.1. The van der Waals surface area contributed by atoms with Crippen molar-refractivity contribution in [3.63, 3.8) is 0 Å². The first-order valence-corrected chi connectivity index (χ1v) is 14.5. The number of rotatable bonds is 13. The van der Waals surface area contributed by atoms with Gasteiger partial charge in [0, 0.05) is 0 Å². The minimum atomic E-state index is -0.906. The first kappa shape index (κ1) is 27.2. The highest BCUT2D eigenvalue weighted by Gasteiger charge is 2.43. The third-order valence-electron chi connectivity index (χ3n) is 9.19. The van der Waals surface area contributed by atoms with Gasteiger partial charge in [-0.2, -0.15) is 0 Å². The van der Waals surface area contributed by atoms with E-state index in [2.05, 4.69) is 13.8 Å². The third-order valence-corrected chi connectivity index (χ3v) is 9.19. The van der Waals surface area contributed by atoms with E-state index >= 15 is 4.39 Å².